The second-order valence-corrected chi connectivity index (χ2v) is 5.72. The lowest BCUT2D eigenvalue weighted by Crippen LogP contribution is -2.11. The molecule has 5 nitrogen and oxygen atoms in total. The molecule has 0 aliphatic carbocycles. The second-order valence-electron chi connectivity index (χ2n) is 5.72. The number of aromatic hydroxyl groups is 2. The van der Waals surface area contributed by atoms with Gasteiger partial charge in [0.2, 0.25) is 0 Å². The summed E-state index contributed by atoms with van der Waals surface area (Å²) in [6.45, 7) is 2.17. The summed E-state index contributed by atoms with van der Waals surface area (Å²) in [4.78, 5) is 11.6. The number of hydrogen-bond donors (Lipinski definition) is 2. The predicted molar refractivity (Wildman–Crippen MR) is 88.6 cm³/mol. The summed E-state index contributed by atoms with van der Waals surface area (Å²) in [5.74, 6) is -0.554. The summed E-state index contributed by atoms with van der Waals surface area (Å²) in [6, 6.07) is 2.76. The Hall–Kier alpha value is -1.75. The minimum absolute atomic E-state index is 0.0104. The molecule has 0 saturated carbocycles. The fraction of sp³-hybridized carbons (Fsp3) is 0.611. The minimum Gasteiger partial charge on any atom is -0.508 e. The zero-order valence-electron chi connectivity index (χ0n) is 14.3. The average Bonchev–Trinajstić information content (AvgIpc) is 2.51. The van der Waals surface area contributed by atoms with E-state index in [1.165, 1.54) is 38.5 Å². The average molecular weight is 324 g/mol. The summed E-state index contributed by atoms with van der Waals surface area (Å²) < 4.78 is 10.2. The molecule has 0 heterocycles. The molecule has 1 rings (SSSR count). The Morgan fingerprint density at radius 3 is 2.43 bits per heavy atom. The van der Waals surface area contributed by atoms with Gasteiger partial charge in [-0.25, -0.2) is 0 Å². The molecule has 0 aromatic heterocycles. The van der Waals surface area contributed by atoms with Gasteiger partial charge < -0.3 is 19.7 Å². The zero-order chi connectivity index (χ0) is 17.2. The van der Waals surface area contributed by atoms with Gasteiger partial charge in [-0.3, -0.25) is 4.79 Å². The summed E-state index contributed by atoms with van der Waals surface area (Å²) in [7, 11) is 2.90. The largest absolute Gasteiger partial charge is 0.508 e. The Bertz CT molecular complexity index is 498. The molecular formula is C18H28O5. The van der Waals surface area contributed by atoms with E-state index in [-0.39, 0.29) is 24.0 Å². The number of ether oxygens (including phenoxy) is 2. The van der Waals surface area contributed by atoms with E-state index in [2.05, 4.69) is 11.7 Å². The number of phenols is 2. The quantitative estimate of drug-likeness (QED) is 0.505. The van der Waals surface area contributed by atoms with Crippen LogP contribution in [0, 0.1) is 0 Å². The Morgan fingerprint density at radius 2 is 1.83 bits per heavy atom. The maximum Gasteiger partial charge on any atom is 0.309 e. The Kier molecular flexibility index (Phi) is 8.48. The first-order chi connectivity index (χ1) is 11.0. The van der Waals surface area contributed by atoms with Crippen molar-refractivity contribution in [1.82, 2.24) is 0 Å². The molecule has 0 bridgehead atoms. The molecule has 1 aromatic rings. The first-order valence-corrected chi connectivity index (χ1v) is 8.17. The molecular weight excluding hydrogens is 296 g/mol. The fourth-order valence-electron chi connectivity index (χ4n) is 2.74. The lowest BCUT2D eigenvalue weighted by Gasteiger charge is -2.20. The molecule has 5 heteroatoms. The highest BCUT2D eigenvalue weighted by Crippen LogP contribution is 2.36. The van der Waals surface area contributed by atoms with Crippen LogP contribution in [0.2, 0.25) is 0 Å². The summed E-state index contributed by atoms with van der Waals surface area (Å²) in [5, 5.41) is 19.9. The van der Waals surface area contributed by atoms with E-state index in [0.29, 0.717) is 11.1 Å². The van der Waals surface area contributed by atoms with Gasteiger partial charge >= 0.3 is 5.97 Å². The Labute approximate surface area is 138 Å². The van der Waals surface area contributed by atoms with Crippen LogP contribution in [0.15, 0.2) is 12.1 Å². The van der Waals surface area contributed by atoms with E-state index in [9.17, 15) is 15.0 Å². The number of methoxy groups -OCH3 is 2. The second kappa shape index (κ2) is 10.1. The van der Waals surface area contributed by atoms with Gasteiger partial charge in [-0.1, -0.05) is 39.0 Å². The van der Waals surface area contributed by atoms with Gasteiger partial charge in [0.1, 0.15) is 11.5 Å². The van der Waals surface area contributed by atoms with Crippen LogP contribution in [-0.4, -0.2) is 30.4 Å². The van der Waals surface area contributed by atoms with Crippen molar-refractivity contribution < 1.29 is 24.5 Å². The van der Waals surface area contributed by atoms with Gasteiger partial charge in [0.25, 0.3) is 0 Å². The summed E-state index contributed by atoms with van der Waals surface area (Å²) >= 11 is 0. The number of benzene rings is 1. The Balaban J connectivity index is 2.90. The van der Waals surface area contributed by atoms with E-state index in [1.54, 1.807) is 7.11 Å². The first-order valence-electron chi connectivity index (χ1n) is 8.17. The minimum atomic E-state index is -0.422. The number of hydrogen-bond acceptors (Lipinski definition) is 5. The molecule has 23 heavy (non-hydrogen) atoms. The number of carbonyl (C=O) groups excluding carboxylic acids is 1. The molecule has 0 spiro atoms. The van der Waals surface area contributed by atoms with Crippen molar-refractivity contribution in [2.75, 3.05) is 14.2 Å². The molecule has 0 amide bonds. The fourth-order valence-corrected chi connectivity index (χ4v) is 2.74. The lowest BCUT2D eigenvalue weighted by atomic mass is 9.94. The van der Waals surface area contributed by atoms with Crippen LogP contribution in [0.1, 0.15) is 62.7 Å². The third-order valence-corrected chi connectivity index (χ3v) is 3.97. The van der Waals surface area contributed by atoms with E-state index < -0.39 is 5.97 Å². The molecule has 130 valence electrons. The summed E-state index contributed by atoms with van der Waals surface area (Å²) in [6.07, 6.45) is 6.12. The zero-order valence-corrected chi connectivity index (χ0v) is 14.3. The SMILES string of the molecule is CCCCCCC[C@H](OC)c1c(O)cc(O)cc1CC(=O)OC. The summed E-state index contributed by atoms with van der Waals surface area (Å²) in [5.41, 5.74) is 1.10. The Morgan fingerprint density at radius 1 is 1.13 bits per heavy atom. The van der Waals surface area contributed by atoms with Crippen molar-refractivity contribution in [2.24, 2.45) is 0 Å². The number of esters is 1. The molecule has 1 aromatic carbocycles. The van der Waals surface area contributed by atoms with Crippen molar-refractivity contribution in [2.45, 2.75) is 58.0 Å². The monoisotopic (exact) mass is 324 g/mol. The van der Waals surface area contributed by atoms with E-state index in [1.807, 2.05) is 0 Å². The molecule has 0 fully saturated rings. The van der Waals surface area contributed by atoms with E-state index >= 15 is 0 Å². The van der Waals surface area contributed by atoms with E-state index in [0.717, 1.165) is 19.3 Å². The third-order valence-electron chi connectivity index (χ3n) is 3.97. The third kappa shape index (κ3) is 6.10. The van der Waals surface area contributed by atoms with Gasteiger partial charge in [0.05, 0.1) is 19.6 Å². The van der Waals surface area contributed by atoms with Crippen LogP contribution in [0.5, 0.6) is 11.5 Å². The molecule has 0 radical (unpaired) electrons. The first kappa shape index (κ1) is 19.3. The number of unbranched alkanes of at least 4 members (excludes halogenated alkanes) is 4. The van der Waals surface area contributed by atoms with Gasteiger partial charge in [0, 0.05) is 18.7 Å². The van der Waals surface area contributed by atoms with Crippen molar-refractivity contribution in [3.8, 4) is 11.5 Å². The van der Waals surface area contributed by atoms with Crippen LogP contribution in [0.25, 0.3) is 0 Å². The van der Waals surface area contributed by atoms with Crippen LogP contribution >= 0.6 is 0 Å². The molecule has 1 atom stereocenters. The maximum atomic E-state index is 11.6. The van der Waals surface area contributed by atoms with Crippen molar-refractivity contribution in [3.05, 3.63) is 23.3 Å². The predicted octanol–water partition coefficient (Wildman–Crippen LogP) is 3.86. The van der Waals surface area contributed by atoms with E-state index in [4.69, 9.17) is 4.74 Å². The highest BCUT2D eigenvalue weighted by Gasteiger charge is 2.21. The number of rotatable bonds is 10. The molecule has 0 unspecified atom stereocenters. The van der Waals surface area contributed by atoms with Crippen LogP contribution in [0.4, 0.5) is 0 Å². The van der Waals surface area contributed by atoms with Crippen LogP contribution < -0.4 is 0 Å². The number of phenolic OH excluding ortho intramolecular Hbond substituents is 2. The standard InChI is InChI=1S/C18H28O5/c1-4-5-6-7-8-9-16(22-2)18-13(11-17(21)23-3)10-14(19)12-15(18)20/h10,12,16,19-20H,4-9,11H2,1-3H3/t16-/m0/s1. The highest BCUT2D eigenvalue weighted by molar-refractivity contribution is 5.73. The maximum absolute atomic E-state index is 11.6. The topological polar surface area (TPSA) is 76.0 Å². The van der Waals surface area contributed by atoms with Gasteiger partial charge in [-0.05, 0) is 18.1 Å². The van der Waals surface area contributed by atoms with Gasteiger partial charge in [0.15, 0.2) is 0 Å². The van der Waals surface area contributed by atoms with Gasteiger partial charge in [-0.15, -0.1) is 0 Å². The molecule has 2 N–H and O–H groups in total. The number of carbonyl (C=O) groups is 1. The van der Waals surface area contributed by atoms with Crippen LogP contribution in [0.3, 0.4) is 0 Å². The molecule has 0 aliphatic rings. The van der Waals surface area contributed by atoms with Crippen molar-refractivity contribution in [3.63, 3.8) is 0 Å². The van der Waals surface area contributed by atoms with Gasteiger partial charge in [-0.2, -0.15) is 0 Å². The van der Waals surface area contributed by atoms with Crippen molar-refractivity contribution >= 4 is 5.97 Å². The van der Waals surface area contributed by atoms with Crippen molar-refractivity contribution in [1.29, 1.82) is 0 Å². The smallest absolute Gasteiger partial charge is 0.309 e. The molecule has 0 saturated heterocycles. The lowest BCUT2D eigenvalue weighted by molar-refractivity contribution is -0.139. The molecule has 0 aliphatic heterocycles. The normalized spacial score (nSPS) is 12.1. The highest BCUT2D eigenvalue weighted by atomic mass is 16.5. The van der Waals surface area contributed by atoms with Crippen LogP contribution in [-0.2, 0) is 20.7 Å².